The molecule has 1 aromatic heterocycles. The Balaban J connectivity index is 1.50. The first-order chi connectivity index (χ1) is 11.3. The van der Waals surface area contributed by atoms with Crippen LogP contribution in [0, 0.1) is 0 Å². The van der Waals surface area contributed by atoms with Crippen molar-refractivity contribution in [2.24, 2.45) is 5.10 Å². The van der Waals surface area contributed by atoms with Crippen LogP contribution in [0.2, 0.25) is 0 Å². The van der Waals surface area contributed by atoms with E-state index >= 15 is 0 Å². The van der Waals surface area contributed by atoms with Gasteiger partial charge in [-0.1, -0.05) is 18.2 Å². The summed E-state index contributed by atoms with van der Waals surface area (Å²) in [6, 6.07) is 12.2. The molecule has 0 atom stereocenters. The van der Waals surface area contributed by atoms with Gasteiger partial charge in [0, 0.05) is 23.7 Å². The van der Waals surface area contributed by atoms with Crippen LogP contribution in [-0.4, -0.2) is 25.2 Å². The second kappa shape index (κ2) is 7.92. The van der Waals surface area contributed by atoms with Crippen molar-refractivity contribution in [3.05, 3.63) is 52.2 Å². The second-order valence-corrected chi connectivity index (χ2v) is 6.72. The van der Waals surface area contributed by atoms with Gasteiger partial charge in [-0.2, -0.15) is 5.10 Å². The van der Waals surface area contributed by atoms with Crippen molar-refractivity contribution in [2.75, 3.05) is 18.0 Å². The molecule has 0 spiro atoms. The maximum absolute atomic E-state index is 11.7. The number of nitrogens with one attached hydrogen (secondary N) is 1. The Kier molecular flexibility index (Phi) is 5.42. The summed E-state index contributed by atoms with van der Waals surface area (Å²) in [5, 5.41) is 6.00. The van der Waals surface area contributed by atoms with Crippen molar-refractivity contribution in [3.8, 4) is 0 Å². The van der Waals surface area contributed by atoms with Gasteiger partial charge in [0.2, 0.25) is 5.91 Å². The van der Waals surface area contributed by atoms with Crippen molar-refractivity contribution in [1.29, 1.82) is 0 Å². The topological polar surface area (TPSA) is 44.7 Å². The van der Waals surface area contributed by atoms with Crippen LogP contribution in [0.25, 0.3) is 0 Å². The summed E-state index contributed by atoms with van der Waals surface area (Å²) in [6.45, 7) is 2.29. The average molecular weight is 327 g/mol. The van der Waals surface area contributed by atoms with E-state index in [9.17, 15) is 4.79 Å². The number of thiophene rings is 1. The van der Waals surface area contributed by atoms with Gasteiger partial charge in [-0.3, -0.25) is 4.79 Å². The van der Waals surface area contributed by atoms with Crippen molar-refractivity contribution in [1.82, 2.24) is 5.43 Å². The van der Waals surface area contributed by atoms with Crippen LogP contribution in [0.1, 0.15) is 29.7 Å². The average Bonchev–Trinajstić information content (AvgIpc) is 3.09. The smallest absolute Gasteiger partial charge is 0.245 e. The summed E-state index contributed by atoms with van der Waals surface area (Å²) in [6.07, 6.45) is 5.96. The summed E-state index contributed by atoms with van der Waals surface area (Å²) in [5.41, 5.74) is 4.83. The zero-order valence-corrected chi connectivity index (χ0v) is 13.9. The lowest BCUT2D eigenvalue weighted by Gasteiger charge is -2.28. The Morgan fingerprint density at radius 3 is 2.65 bits per heavy atom. The number of hydrogen-bond donors (Lipinski definition) is 1. The number of anilines is 1. The van der Waals surface area contributed by atoms with Crippen LogP contribution in [0.3, 0.4) is 0 Å². The fourth-order valence-electron chi connectivity index (χ4n) is 2.71. The standard InChI is InChI=1S/C18H21N3OS/c22-18(13-17-5-4-12-23-17)20-19-14-15-6-8-16(9-7-15)21-10-2-1-3-11-21/h4-9,12,14H,1-3,10-11,13H2,(H,20,22)/b19-14+. The molecule has 1 aromatic carbocycles. The minimum Gasteiger partial charge on any atom is -0.372 e. The number of nitrogens with zero attached hydrogens (tertiary/aromatic N) is 2. The third kappa shape index (κ3) is 4.66. The second-order valence-electron chi connectivity index (χ2n) is 5.69. The fourth-order valence-corrected chi connectivity index (χ4v) is 3.42. The third-order valence-electron chi connectivity index (χ3n) is 3.93. The molecule has 2 heterocycles. The number of amides is 1. The van der Waals surface area contributed by atoms with Gasteiger partial charge in [0.05, 0.1) is 12.6 Å². The van der Waals surface area contributed by atoms with Crippen molar-refractivity contribution >= 4 is 29.1 Å². The number of hydrazone groups is 1. The zero-order valence-electron chi connectivity index (χ0n) is 13.1. The monoisotopic (exact) mass is 327 g/mol. The van der Waals surface area contributed by atoms with E-state index in [0.717, 1.165) is 23.5 Å². The number of carbonyl (C=O) groups excluding carboxylic acids is 1. The highest BCUT2D eigenvalue weighted by Gasteiger charge is 2.10. The molecule has 4 nitrogen and oxygen atoms in total. The van der Waals surface area contributed by atoms with Gasteiger partial charge in [0.1, 0.15) is 0 Å². The Hall–Kier alpha value is -2.14. The molecule has 2 aromatic rings. The number of benzene rings is 1. The molecule has 1 saturated heterocycles. The number of carbonyl (C=O) groups is 1. The van der Waals surface area contributed by atoms with Gasteiger partial charge < -0.3 is 4.90 Å². The quantitative estimate of drug-likeness (QED) is 0.675. The highest BCUT2D eigenvalue weighted by atomic mass is 32.1. The molecule has 0 radical (unpaired) electrons. The van der Waals surface area contributed by atoms with E-state index < -0.39 is 0 Å². The molecule has 1 aliphatic heterocycles. The Morgan fingerprint density at radius 1 is 1.17 bits per heavy atom. The van der Waals surface area contributed by atoms with Crippen LogP contribution >= 0.6 is 11.3 Å². The molecule has 0 saturated carbocycles. The first-order valence-electron chi connectivity index (χ1n) is 8.00. The zero-order chi connectivity index (χ0) is 15.9. The molecule has 0 unspecified atom stereocenters. The molecule has 0 aliphatic carbocycles. The van der Waals surface area contributed by atoms with Crippen molar-refractivity contribution < 1.29 is 4.79 Å². The Bertz CT molecular complexity index is 643. The first kappa shape index (κ1) is 15.7. The fraction of sp³-hybridized carbons (Fsp3) is 0.333. The maximum Gasteiger partial charge on any atom is 0.245 e. The van der Waals surface area contributed by atoms with Crippen LogP contribution in [-0.2, 0) is 11.2 Å². The van der Waals surface area contributed by atoms with E-state index in [4.69, 9.17) is 0 Å². The molecule has 1 fully saturated rings. The van der Waals surface area contributed by atoms with Crippen molar-refractivity contribution in [3.63, 3.8) is 0 Å². The molecule has 5 heteroatoms. The van der Waals surface area contributed by atoms with Gasteiger partial charge in [0.25, 0.3) is 0 Å². The molecule has 3 rings (SSSR count). The van der Waals surface area contributed by atoms with E-state index in [1.54, 1.807) is 17.6 Å². The van der Waals surface area contributed by atoms with Crippen LogP contribution < -0.4 is 10.3 Å². The van der Waals surface area contributed by atoms with Crippen LogP contribution in [0.4, 0.5) is 5.69 Å². The summed E-state index contributed by atoms with van der Waals surface area (Å²) < 4.78 is 0. The highest BCUT2D eigenvalue weighted by molar-refractivity contribution is 7.10. The third-order valence-corrected chi connectivity index (χ3v) is 4.81. The SMILES string of the molecule is O=C(Cc1cccs1)N/N=C/c1ccc(N2CCCCC2)cc1. The van der Waals surface area contributed by atoms with Gasteiger partial charge in [-0.15, -0.1) is 11.3 Å². The van der Waals surface area contributed by atoms with Crippen LogP contribution in [0.5, 0.6) is 0 Å². The molecular weight excluding hydrogens is 306 g/mol. The largest absolute Gasteiger partial charge is 0.372 e. The normalized spacial score (nSPS) is 15.0. The lowest BCUT2D eigenvalue weighted by atomic mass is 10.1. The van der Waals surface area contributed by atoms with E-state index in [0.29, 0.717) is 6.42 Å². The van der Waals surface area contributed by atoms with Gasteiger partial charge >= 0.3 is 0 Å². The molecule has 1 amide bonds. The summed E-state index contributed by atoms with van der Waals surface area (Å²) >= 11 is 1.58. The Morgan fingerprint density at radius 2 is 1.96 bits per heavy atom. The molecule has 23 heavy (non-hydrogen) atoms. The van der Waals surface area contributed by atoms with Gasteiger partial charge in [-0.25, -0.2) is 5.43 Å². The predicted molar refractivity (Wildman–Crippen MR) is 96.3 cm³/mol. The molecule has 1 N–H and O–H groups in total. The number of piperidine rings is 1. The maximum atomic E-state index is 11.7. The number of hydrogen-bond acceptors (Lipinski definition) is 4. The highest BCUT2D eigenvalue weighted by Crippen LogP contribution is 2.19. The summed E-state index contributed by atoms with van der Waals surface area (Å²) in [5.74, 6) is -0.0892. The lowest BCUT2D eigenvalue weighted by Crippen LogP contribution is -2.29. The first-order valence-corrected chi connectivity index (χ1v) is 8.88. The van der Waals surface area contributed by atoms with Crippen LogP contribution in [0.15, 0.2) is 46.9 Å². The predicted octanol–water partition coefficient (Wildman–Crippen LogP) is 3.43. The minimum atomic E-state index is -0.0892. The van der Waals surface area contributed by atoms with E-state index in [2.05, 4.69) is 27.6 Å². The van der Waals surface area contributed by atoms with Crippen molar-refractivity contribution in [2.45, 2.75) is 25.7 Å². The van der Waals surface area contributed by atoms with Gasteiger partial charge in [0.15, 0.2) is 0 Å². The molecule has 1 aliphatic rings. The molecular formula is C18H21N3OS. The molecule has 120 valence electrons. The Labute approximate surface area is 140 Å². The van der Waals surface area contributed by atoms with E-state index in [1.165, 1.54) is 24.9 Å². The minimum absolute atomic E-state index is 0.0892. The number of rotatable bonds is 5. The van der Waals surface area contributed by atoms with E-state index in [-0.39, 0.29) is 5.91 Å². The summed E-state index contributed by atoms with van der Waals surface area (Å²) in [4.78, 5) is 15.2. The van der Waals surface area contributed by atoms with E-state index in [1.807, 2.05) is 29.6 Å². The molecule has 0 bridgehead atoms. The lowest BCUT2D eigenvalue weighted by molar-refractivity contribution is -0.120. The summed E-state index contributed by atoms with van der Waals surface area (Å²) in [7, 11) is 0. The van der Waals surface area contributed by atoms with Gasteiger partial charge in [-0.05, 0) is 48.4 Å².